The van der Waals surface area contributed by atoms with Crippen molar-refractivity contribution >= 4 is 11.7 Å². The third-order valence-electron chi connectivity index (χ3n) is 2.65. The summed E-state index contributed by atoms with van der Waals surface area (Å²) >= 11 is 0. The molecule has 1 amide bonds. The number of carbonyl (C=O) groups excluding carboxylic acids is 2. The van der Waals surface area contributed by atoms with E-state index in [-0.39, 0.29) is 11.7 Å². The van der Waals surface area contributed by atoms with Crippen LogP contribution in [0, 0.1) is 0 Å². The first-order valence-corrected chi connectivity index (χ1v) is 6.77. The average molecular weight is 254 g/mol. The zero-order valence-electron chi connectivity index (χ0n) is 11.5. The minimum atomic E-state index is -0.0952. The third-order valence-corrected chi connectivity index (χ3v) is 2.65. The molecule has 0 aromatic heterocycles. The van der Waals surface area contributed by atoms with E-state index in [0.29, 0.717) is 6.42 Å². The zero-order chi connectivity index (χ0) is 13.6. The van der Waals surface area contributed by atoms with Crippen LogP contribution in [0.1, 0.15) is 45.4 Å². The highest BCUT2D eigenvalue weighted by Gasteiger charge is 1.95. The Morgan fingerprint density at radius 2 is 1.61 bits per heavy atom. The first-order chi connectivity index (χ1) is 8.66. The lowest BCUT2D eigenvalue weighted by atomic mass is 10.2. The van der Waals surface area contributed by atoms with Crippen molar-refractivity contribution in [3.8, 4) is 0 Å². The summed E-state index contributed by atoms with van der Waals surface area (Å²) in [6, 6.07) is 0. The molecule has 0 radical (unpaired) electrons. The van der Waals surface area contributed by atoms with Crippen LogP contribution in [0.2, 0.25) is 0 Å². The normalized spacial score (nSPS) is 10.1. The van der Waals surface area contributed by atoms with Crippen LogP contribution >= 0.6 is 0 Å². The predicted molar refractivity (Wildman–Crippen MR) is 74.5 cm³/mol. The van der Waals surface area contributed by atoms with Gasteiger partial charge in [-0.05, 0) is 45.4 Å². The van der Waals surface area contributed by atoms with E-state index in [1.54, 1.807) is 6.92 Å². The van der Waals surface area contributed by atoms with Crippen LogP contribution in [0.3, 0.4) is 0 Å². The predicted octanol–water partition coefficient (Wildman–Crippen LogP) is 1.81. The number of Topliss-reactive ketones (excluding diaryl/α,β-unsaturated/α-hetero) is 1. The quantitative estimate of drug-likeness (QED) is 0.412. The number of nitrogens with one attached hydrogen (secondary N) is 2. The second kappa shape index (κ2) is 12.3. The third kappa shape index (κ3) is 12.9. The first kappa shape index (κ1) is 16.8. The molecule has 2 N–H and O–H groups in total. The summed E-state index contributed by atoms with van der Waals surface area (Å²) in [6.45, 7) is 7.69. The van der Waals surface area contributed by atoms with Crippen molar-refractivity contribution in [3.63, 3.8) is 0 Å². The van der Waals surface area contributed by atoms with Gasteiger partial charge in [0.2, 0.25) is 5.91 Å². The zero-order valence-corrected chi connectivity index (χ0v) is 11.5. The van der Waals surface area contributed by atoms with Crippen LogP contribution in [0.4, 0.5) is 0 Å². The molecule has 0 aromatic rings. The van der Waals surface area contributed by atoms with Crippen molar-refractivity contribution in [2.45, 2.75) is 45.4 Å². The van der Waals surface area contributed by atoms with E-state index in [2.05, 4.69) is 17.2 Å². The van der Waals surface area contributed by atoms with Gasteiger partial charge in [0, 0.05) is 13.0 Å². The molecule has 0 fully saturated rings. The average Bonchev–Trinajstić information content (AvgIpc) is 2.35. The molecule has 0 saturated carbocycles. The molecule has 0 saturated heterocycles. The fourth-order valence-electron chi connectivity index (χ4n) is 1.60. The van der Waals surface area contributed by atoms with Gasteiger partial charge in [-0.15, -0.1) is 0 Å². The van der Waals surface area contributed by atoms with Crippen molar-refractivity contribution in [2.75, 3.05) is 19.6 Å². The summed E-state index contributed by atoms with van der Waals surface area (Å²) in [5.41, 5.74) is 0. The Kier molecular flexibility index (Phi) is 11.5. The monoisotopic (exact) mass is 254 g/mol. The van der Waals surface area contributed by atoms with Crippen LogP contribution in [-0.4, -0.2) is 31.3 Å². The summed E-state index contributed by atoms with van der Waals surface area (Å²) in [5, 5.41) is 6.08. The molecule has 0 spiro atoms. The van der Waals surface area contributed by atoms with E-state index < -0.39 is 0 Å². The van der Waals surface area contributed by atoms with E-state index in [4.69, 9.17) is 0 Å². The van der Waals surface area contributed by atoms with Gasteiger partial charge in [-0.3, -0.25) is 4.79 Å². The highest BCUT2D eigenvalue weighted by atomic mass is 16.1. The number of ketones is 1. The Morgan fingerprint density at radius 3 is 2.22 bits per heavy atom. The van der Waals surface area contributed by atoms with Gasteiger partial charge >= 0.3 is 0 Å². The summed E-state index contributed by atoms with van der Waals surface area (Å²) < 4.78 is 0. The Morgan fingerprint density at radius 1 is 1.00 bits per heavy atom. The molecule has 0 aromatic carbocycles. The number of hydrogen-bond donors (Lipinski definition) is 2. The molecule has 0 aliphatic heterocycles. The van der Waals surface area contributed by atoms with Gasteiger partial charge in [-0.1, -0.05) is 19.4 Å². The highest BCUT2D eigenvalue weighted by molar-refractivity contribution is 5.86. The first-order valence-electron chi connectivity index (χ1n) is 6.77. The molecule has 0 atom stereocenters. The van der Waals surface area contributed by atoms with E-state index >= 15 is 0 Å². The molecule has 0 rings (SSSR count). The van der Waals surface area contributed by atoms with Gasteiger partial charge in [-0.2, -0.15) is 0 Å². The number of carbonyl (C=O) groups is 2. The molecular formula is C14H26N2O2. The summed E-state index contributed by atoms with van der Waals surface area (Å²) in [4.78, 5) is 21.5. The van der Waals surface area contributed by atoms with E-state index in [0.717, 1.165) is 45.3 Å². The van der Waals surface area contributed by atoms with Gasteiger partial charge in [-0.25, -0.2) is 0 Å². The van der Waals surface area contributed by atoms with Gasteiger partial charge in [0.25, 0.3) is 0 Å². The summed E-state index contributed by atoms with van der Waals surface area (Å²) in [6.07, 6.45) is 7.37. The van der Waals surface area contributed by atoms with Gasteiger partial charge in [0.15, 0.2) is 0 Å². The smallest absolute Gasteiger partial charge is 0.243 e. The molecule has 18 heavy (non-hydrogen) atoms. The number of hydrogen-bond acceptors (Lipinski definition) is 3. The van der Waals surface area contributed by atoms with Crippen molar-refractivity contribution in [2.24, 2.45) is 0 Å². The van der Waals surface area contributed by atoms with Crippen LogP contribution in [0.25, 0.3) is 0 Å². The van der Waals surface area contributed by atoms with Crippen LogP contribution in [0.15, 0.2) is 12.7 Å². The molecule has 0 unspecified atom stereocenters. The minimum Gasteiger partial charge on any atom is -0.353 e. The van der Waals surface area contributed by atoms with Crippen LogP contribution < -0.4 is 10.6 Å². The van der Waals surface area contributed by atoms with Crippen molar-refractivity contribution in [1.29, 1.82) is 0 Å². The molecule has 0 aliphatic carbocycles. The Balaban J connectivity index is 3.05. The second-order valence-corrected chi connectivity index (χ2v) is 4.46. The largest absolute Gasteiger partial charge is 0.353 e. The maximum atomic E-state index is 10.8. The Bertz CT molecular complexity index is 252. The van der Waals surface area contributed by atoms with Crippen LogP contribution in [-0.2, 0) is 9.59 Å². The molecule has 4 nitrogen and oxygen atoms in total. The SMILES string of the molecule is C=CC(=O)NCCCCCCNCCCC(C)=O. The lowest BCUT2D eigenvalue weighted by Gasteiger charge is -2.04. The molecular weight excluding hydrogens is 228 g/mol. The summed E-state index contributed by atoms with van der Waals surface area (Å²) in [7, 11) is 0. The highest BCUT2D eigenvalue weighted by Crippen LogP contribution is 1.98. The number of rotatable bonds is 12. The fraction of sp³-hybridized carbons (Fsp3) is 0.714. The standard InChI is InChI=1S/C14H26N2O2/c1-3-14(18)16-12-7-5-4-6-10-15-11-8-9-13(2)17/h3,15H,1,4-12H2,2H3,(H,16,18). The topological polar surface area (TPSA) is 58.2 Å². The maximum absolute atomic E-state index is 10.8. The van der Waals surface area contributed by atoms with Gasteiger partial charge in [0.1, 0.15) is 5.78 Å². The molecule has 104 valence electrons. The molecule has 0 bridgehead atoms. The Labute approximate surface area is 110 Å². The van der Waals surface area contributed by atoms with E-state index in [1.807, 2.05) is 0 Å². The van der Waals surface area contributed by atoms with Crippen molar-refractivity contribution < 1.29 is 9.59 Å². The summed E-state index contributed by atoms with van der Waals surface area (Å²) in [5.74, 6) is 0.167. The van der Waals surface area contributed by atoms with Gasteiger partial charge in [0.05, 0.1) is 0 Å². The van der Waals surface area contributed by atoms with Crippen molar-refractivity contribution in [3.05, 3.63) is 12.7 Å². The molecule has 0 aliphatic rings. The van der Waals surface area contributed by atoms with E-state index in [9.17, 15) is 9.59 Å². The van der Waals surface area contributed by atoms with Crippen LogP contribution in [0.5, 0.6) is 0 Å². The van der Waals surface area contributed by atoms with Crippen molar-refractivity contribution in [1.82, 2.24) is 10.6 Å². The van der Waals surface area contributed by atoms with E-state index in [1.165, 1.54) is 12.5 Å². The number of amides is 1. The Hall–Kier alpha value is -1.16. The number of unbranched alkanes of at least 4 members (excludes halogenated alkanes) is 3. The molecule has 4 heteroatoms. The lowest BCUT2D eigenvalue weighted by Crippen LogP contribution is -2.21. The molecule has 0 heterocycles. The van der Waals surface area contributed by atoms with Gasteiger partial charge < -0.3 is 15.4 Å². The minimum absolute atomic E-state index is 0.0952. The maximum Gasteiger partial charge on any atom is 0.243 e. The fourth-order valence-corrected chi connectivity index (χ4v) is 1.60. The lowest BCUT2D eigenvalue weighted by molar-refractivity contribution is -0.117. The second-order valence-electron chi connectivity index (χ2n) is 4.46.